The van der Waals surface area contributed by atoms with Crippen LogP contribution in [0.15, 0.2) is 46.9 Å². The van der Waals surface area contributed by atoms with Gasteiger partial charge in [0.05, 0.1) is 0 Å². The quantitative estimate of drug-likeness (QED) is 0.864. The number of carbonyl (C=O) groups excluding carboxylic acids is 1. The van der Waals surface area contributed by atoms with Crippen LogP contribution in [0.5, 0.6) is 0 Å². The van der Waals surface area contributed by atoms with Gasteiger partial charge in [-0.15, -0.1) is 0 Å². The first kappa shape index (κ1) is 15.0. The molecule has 2 aromatic carbocycles. The lowest BCUT2D eigenvalue weighted by Crippen LogP contribution is -2.14. The van der Waals surface area contributed by atoms with Crippen molar-refractivity contribution in [1.29, 1.82) is 0 Å². The van der Waals surface area contributed by atoms with E-state index in [1.165, 1.54) is 5.56 Å². The minimum Gasteiger partial charge on any atom is -0.366 e. The van der Waals surface area contributed by atoms with E-state index in [1.54, 1.807) is 12.1 Å². The number of amides is 1. The number of carbonyl (C=O) groups is 1. The number of hydrogen-bond acceptors (Lipinski definition) is 2. The number of halogens is 2. The highest BCUT2D eigenvalue weighted by Gasteiger charge is 2.06. The molecular formula is C15H14BrClN2O. The molecule has 3 nitrogen and oxygen atoms in total. The van der Waals surface area contributed by atoms with Crippen molar-refractivity contribution in [3.05, 3.63) is 68.7 Å². The lowest BCUT2D eigenvalue weighted by atomic mass is 10.1. The Balaban J connectivity index is 1.98. The maximum Gasteiger partial charge on any atom is 0.248 e. The highest BCUT2D eigenvalue weighted by atomic mass is 79.9. The van der Waals surface area contributed by atoms with Gasteiger partial charge in [-0.2, -0.15) is 0 Å². The van der Waals surface area contributed by atoms with Crippen molar-refractivity contribution in [2.24, 2.45) is 5.73 Å². The van der Waals surface area contributed by atoms with Crippen LogP contribution in [0.3, 0.4) is 0 Å². The van der Waals surface area contributed by atoms with Gasteiger partial charge in [-0.25, -0.2) is 0 Å². The summed E-state index contributed by atoms with van der Waals surface area (Å²) < 4.78 is 1.07. The molecular weight excluding hydrogens is 340 g/mol. The van der Waals surface area contributed by atoms with Crippen molar-refractivity contribution >= 4 is 33.4 Å². The molecule has 0 heterocycles. The van der Waals surface area contributed by atoms with Crippen LogP contribution < -0.4 is 11.1 Å². The normalized spacial score (nSPS) is 10.5. The fraction of sp³-hybridized carbons (Fsp3) is 0.133. The zero-order valence-electron chi connectivity index (χ0n) is 10.7. The van der Waals surface area contributed by atoms with Crippen LogP contribution in [-0.2, 0) is 13.1 Å². The molecule has 3 N–H and O–H groups in total. The second-order valence-electron chi connectivity index (χ2n) is 4.37. The van der Waals surface area contributed by atoms with Crippen molar-refractivity contribution in [3.63, 3.8) is 0 Å². The smallest absolute Gasteiger partial charge is 0.248 e. The molecule has 0 radical (unpaired) electrons. The Morgan fingerprint density at radius 2 is 1.85 bits per heavy atom. The molecule has 0 unspecified atom stereocenters. The second kappa shape index (κ2) is 6.88. The molecule has 2 aromatic rings. The Morgan fingerprint density at radius 1 is 1.15 bits per heavy atom. The molecule has 0 aliphatic rings. The molecule has 0 fully saturated rings. The van der Waals surface area contributed by atoms with Crippen LogP contribution in [0.4, 0.5) is 0 Å². The third-order valence-corrected chi connectivity index (χ3v) is 4.05. The Morgan fingerprint density at radius 3 is 2.50 bits per heavy atom. The number of benzene rings is 2. The van der Waals surface area contributed by atoms with Crippen LogP contribution in [-0.4, -0.2) is 5.91 Å². The lowest BCUT2D eigenvalue weighted by Gasteiger charge is -2.09. The maximum absolute atomic E-state index is 11.0. The first-order valence-corrected chi connectivity index (χ1v) is 7.27. The first-order valence-electron chi connectivity index (χ1n) is 6.10. The van der Waals surface area contributed by atoms with Gasteiger partial charge in [0, 0.05) is 28.1 Å². The van der Waals surface area contributed by atoms with Crippen molar-refractivity contribution in [2.45, 2.75) is 13.1 Å². The van der Waals surface area contributed by atoms with Gasteiger partial charge in [0.1, 0.15) is 0 Å². The summed E-state index contributed by atoms with van der Waals surface area (Å²) >= 11 is 9.63. The third-order valence-electron chi connectivity index (χ3n) is 2.93. The highest BCUT2D eigenvalue weighted by Crippen LogP contribution is 2.19. The van der Waals surface area contributed by atoms with E-state index in [4.69, 9.17) is 17.3 Å². The average Bonchev–Trinajstić information content (AvgIpc) is 2.42. The second-order valence-corrected chi connectivity index (χ2v) is 5.63. The maximum atomic E-state index is 11.0. The van der Waals surface area contributed by atoms with Gasteiger partial charge in [-0.05, 0) is 29.3 Å². The molecule has 0 aliphatic carbocycles. The fourth-order valence-corrected chi connectivity index (χ4v) is 2.49. The Hall–Kier alpha value is -1.36. The summed E-state index contributed by atoms with van der Waals surface area (Å²) in [5.41, 5.74) is 7.74. The SMILES string of the molecule is NC(=O)c1ccc(CNCc2ccccc2Br)c(Cl)c1. The zero-order valence-corrected chi connectivity index (χ0v) is 13.0. The molecule has 0 aromatic heterocycles. The van der Waals surface area contributed by atoms with Crippen LogP contribution in [0.25, 0.3) is 0 Å². The van der Waals surface area contributed by atoms with Crippen molar-refractivity contribution in [2.75, 3.05) is 0 Å². The summed E-state index contributed by atoms with van der Waals surface area (Å²) in [5.74, 6) is -0.473. The summed E-state index contributed by atoms with van der Waals surface area (Å²) in [6.45, 7) is 1.36. The largest absolute Gasteiger partial charge is 0.366 e. The number of rotatable bonds is 5. The fourth-order valence-electron chi connectivity index (χ4n) is 1.82. The molecule has 104 valence electrons. The van der Waals surface area contributed by atoms with Gasteiger partial charge >= 0.3 is 0 Å². The van der Waals surface area contributed by atoms with Gasteiger partial charge in [-0.3, -0.25) is 4.79 Å². The lowest BCUT2D eigenvalue weighted by molar-refractivity contribution is 0.100. The van der Waals surface area contributed by atoms with Gasteiger partial charge < -0.3 is 11.1 Å². The predicted molar refractivity (Wildman–Crippen MR) is 84.7 cm³/mol. The standard InChI is InChI=1S/C15H14BrClN2O/c16-13-4-2-1-3-11(13)8-19-9-12-6-5-10(15(18)20)7-14(12)17/h1-7,19H,8-9H2,(H2,18,20). The van der Waals surface area contributed by atoms with Crippen molar-refractivity contribution < 1.29 is 4.79 Å². The van der Waals surface area contributed by atoms with Crippen LogP contribution in [0.2, 0.25) is 5.02 Å². The third kappa shape index (κ3) is 3.82. The Kier molecular flexibility index (Phi) is 5.17. The Bertz CT molecular complexity index is 631. The van der Waals surface area contributed by atoms with Gasteiger partial charge in [0.15, 0.2) is 0 Å². The summed E-state index contributed by atoms with van der Waals surface area (Å²) in [7, 11) is 0. The van der Waals surface area contributed by atoms with Crippen LogP contribution in [0.1, 0.15) is 21.5 Å². The minimum atomic E-state index is -0.473. The van der Waals surface area contributed by atoms with E-state index in [0.29, 0.717) is 17.1 Å². The molecule has 0 aliphatic heterocycles. The van der Waals surface area contributed by atoms with E-state index < -0.39 is 5.91 Å². The molecule has 0 saturated heterocycles. The molecule has 0 atom stereocenters. The molecule has 20 heavy (non-hydrogen) atoms. The zero-order chi connectivity index (χ0) is 14.5. The predicted octanol–water partition coefficient (Wildman–Crippen LogP) is 3.49. The van der Waals surface area contributed by atoms with Crippen LogP contribution in [0, 0.1) is 0 Å². The molecule has 5 heteroatoms. The monoisotopic (exact) mass is 352 g/mol. The van der Waals surface area contributed by atoms with E-state index in [0.717, 1.165) is 16.6 Å². The average molecular weight is 354 g/mol. The number of primary amides is 1. The number of hydrogen-bond donors (Lipinski definition) is 2. The topological polar surface area (TPSA) is 55.1 Å². The van der Waals surface area contributed by atoms with Crippen molar-refractivity contribution in [3.8, 4) is 0 Å². The summed E-state index contributed by atoms with van der Waals surface area (Å²) in [6, 6.07) is 13.1. The summed E-state index contributed by atoms with van der Waals surface area (Å²) in [5, 5.41) is 3.86. The van der Waals surface area contributed by atoms with Gasteiger partial charge in [0.25, 0.3) is 0 Å². The van der Waals surface area contributed by atoms with Crippen LogP contribution >= 0.6 is 27.5 Å². The van der Waals surface area contributed by atoms with E-state index in [9.17, 15) is 4.79 Å². The van der Waals surface area contributed by atoms with E-state index in [2.05, 4.69) is 27.3 Å². The van der Waals surface area contributed by atoms with E-state index >= 15 is 0 Å². The van der Waals surface area contributed by atoms with E-state index in [1.807, 2.05) is 24.3 Å². The van der Waals surface area contributed by atoms with Gasteiger partial charge in [-0.1, -0.05) is 51.8 Å². The molecule has 0 saturated carbocycles. The Labute approximate surface area is 131 Å². The van der Waals surface area contributed by atoms with Crippen molar-refractivity contribution in [1.82, 2.24) is 5.32 Å². The molecule has 1 amide bonds. The highest BCUT2D eigenvalue weighted by molar-refractivity contribution is 9.10. The molecule has 0 bridgehead atoms. The number of nitrogens with one attached hydrogen (secondary N) is 1. The first-order chi connectivity index (χ1) is 9.58. The summed E-state index contributed by atoms with van der Waals surface area (Å²) in [6.07, 6.45) is 0. The van der Waals surface area contributed by atoms with E-state index in [-0.39, 0.29) is 0 Å². The van der Waals surface area contributed by atoms with Gasteiger partial charge in [0.2, 0.25) is 5.91 Å². The molecule has 2 rings (SSSR count). The minimum absolute atomic E-state index is 0.421. The number of nitrogens with two attached hydrogens (primary N) is 1. The molecule has 0 spiro atoms. The summed E-state index contributed by atoms with van der Waals surface area (Å²) in [4.78, 5) is 11.0.